The summed E-state index contributed by atoms with van der Waals surface area (Å²) in [4.78, 5) is 58.6. The summed E-state index contributed by atoms with van der Waals surface area (Å²) in [6.45, 7) is 1.45. The molecule has 18 heteroatoms. The molecular weight excluding hydrogens is 660 g/mol. The van der Waals surface area contributed by atoms with E-state index in [0.29, 0.717) is 0 Å². The van der Waals surface area contributed by atoms with Gasteiger partial charge in [0.15, 0.2) is 0 Å². The second-order valence-corrected chi connectivity index (χ2v) is 10.8. The highest BCUT2D eigenvalue weighted by Crippen LogP contribution is 2.51. The van der Waals surface area contributed by atoms with E-state index in [4.69, 9.17) is 4.74 Å². The van der Waals surface area contributed by atoms with Gasteiger partial charge >= 0.3 is 5.97 Å². The second kappa shape index (κ2) is 13.9. The Bertz CT molecular complexity index is 2050. The number of phenolic OH excluding ortho intramolecular Hbond substituents is 2. The van der Waals surface area contributed by atoms with Crippen LogP contribution in [0.15, 0.2) is 96.2 Å². The normalized spacial score (nSPS) is 15.7. The Morgan fingerprint density at radius 3 is 1.66 bits per heavy atom. The predicted molar refractivity (Wildman–Crippen MR) is 176 cm³/mol. The van der Waals surface area contributed by atoms with Gasteiger partial charge in [-0.15, -0.1) is 0 Å². The van der Waals surface area contributed by atoms with Crippen LogP contribution in [-0.4, -0.2) is 42.5 Å². The van der Waals surface area contributed by atoms with E-state index < -0.39 is 60.6 Å². The van der Waals surface area contributed by atoms with Crippen LogP contribution in [0.4, 0.5) is 34.1 Å². The number of esters is 1. The van der Waals surface area contributed by atoms with E-state index in [1.165, 1.54) is 65.6 Å². The monoisotopic (exact) mass is 686 g/mol. The number of benzene rings is 4. The Balaban J connectivity index is 1.84. The molecule has 0 spiro atoms. The van der Waals surface area contributed by atoms with Gasteiger partial charge in [-0.3, -0.25) is 40.5 Å². The Morgan fingerprint density at radius 2 is 1.20 bits per heavy atom. The summed E-state index contributed by atoms with van der Waals surface area (Å²) in [6, 6.07) is 14.4. The minimum atomic E-state index is -1.38. The number of hydrogen-bond donors (Lipinski definition) is 3. The molecule has 2 unspecified atom stereocenters. The first-order valence-corrected chi connectivity index (χ1v) is 14.7. The number of aromatic hydroxyl groups is 2. The lowest BCUT2D eigenvalue weighted by atomic mass is 9.83. The molecule has 1 heterocycles. The van der Waals surface area contributed by atoms with Crippen LogP contribution in [0.5, 0.6) is 11.5 Å². The number of anilines is 2. The van der Waals surface area contributed by atoms with Crippen molar-refractivity contribution >= 4 is 40.1 Å². The van der Waals surface area contributed by atoms with Crippen LogP contribution in [0, 0.1) is 40.5 Å². The molecule has 0 amide bonds. The fourth-order valence-electron chi connectivity index (χ4n) is 5.73. The third-order valence-corrected chi connectivity index (χ3v) is 7.94. The quantitative estimate of drug-likeness (QED) is 0.0882. The van der Waals surface area contributed by atoms with Gasteiger partial charge in [-0.25, -0.2) is 4.79 Å². The first kappa shape index (κ1) is 34.2. The van der Waals surface area contributed by atoms with Crippen LogP contribution in [0.25, 0.3) is 0 Å². The van der Waals surface area contributed by atoms with Crippen molar-refractivity contribution in [2.75, 3.05) is 16.8 Å². The van der Waals surface area contributed by atoms with E-state index in [1.807, 2.05) is 0 Å². The van der Waals surface area contributed by atoms with E-state index in [-0.39, 0.29) is 58.2 Å². The van der Waals surface area contributed by atoms with Gasteiger partial charge in [0.05, 0.1) is 56.1 Å². The molecule has 0 saturated heterocycles. The molecule has 3 N–H and O–H groups in total. The van der Waals surface area contributed by atoms with Gasteiger partial charge in [0.25, 0.3) is 22.7 Å². The van der Waals surface area contributed by atoms with E-state index in [2.05, 4.69) is 5.32 Å². The van der Waals surface area contributed by atoms with Gasteiger partial charge < -0.3 is 25.2 Å². The lowest BCUT2D eigenvalue weighted by molar-refractivity contribution is -0.385. The molecule has 0 bridgehead atoms. The number of carbonyl (C=O) groups is 1. The molecule has 1 aliphatic rings. The van der Waals surface area contributed by atoms with Gasteiger partial charge in [-0.1, -0.05) is 0 Å². The van der Waals surface area contributed by atoms with E-state index in [1.54, 1.807) is 6.92 Å². The second-order valence-electron chi connectivity index (χ2n) is 10.8. The standard InChI is InChI=1S/C32H26N6O12/c1-2-50-32(41)30-26(33-18-3-5-20(6-4-18)35(42)43)17-27(24-13-11-22(37(46)47)15-28(24)39)34(19-7-9-21(10-8-19)36(44)45)31(30)25-14-12-23(38(48)49)16-29(25)40/h3-16,27,31,33,39-40H,2,17H2,1H3. The van der Waals surface area contributed by atoms with Crippen LogP contribution in [-0.2, 0) is 9.53 Å². The molecule has 4 aromatic carbocycles. The summed E-state index contributed by atoms with van der Waals surface area (Å²) in [5.74, 6) is -2.02. The molecule has 5 rings (SSSR count). The SMILES string of the molecule is CCOC(=O)C1=C(Nc2ccc([N+](=O)[O-])cc2)CC(c2ccc([N+](=O)[O-])cc2O)N(c2ccc([N+](=O)[O-])cc2)C1c1ccc([N+](=O)[O-])cc1O. The average molecular weight is 687 g/mol. The highest BCUT2D eigenvalue weighted by atomic mass is 16.6. The first-order chi connectivity index (χ1) is 23.8. The maximum absolute atomic E-state index is 13.9. The molecular formula is C32H26N6O12. The van der Waals surface area contributed by atoms with E-state index in [9.17, 15) is 55.5 Å². The lowest BCUT2D eigenvalue weighted by Gasteiger charge is -2.46. The Kier molecular flexibility index (Phi) is 9.54. The molecule has 1 aliphatic heterocycles. The zero-order chi connectivity index (χ0) is 36.3. The molecule has 18 nitrogen and oxygen atoms in total. The van der Waals surface area contributed by atoms with Gasteiger partial charge in [0, 0.05) is 71.0 Å². The van der Waals surface area contributed by atoms with Crippen LogP contribution in [0.1, 0.15) is 36.6 Å². The van der Waals surface area contributed by atoms with E-state index in [0.717, 1.165) is 24.3 Å². The summed E-state index contributed by atoms with van der Waals surface area (Å²) in [5, 5.41) is 71.4. The van der Waals surface area contributed by atoms with Crippen LogP contribution < -0.4 is 10.2 Å². The number of hydrogen-bond acceptors (Lipinski definition) is 14. The molecule has 0 aromatic heterocycles. The highest BCUT2D eigenvalue weighted by molar-refractivity contribution is 5.94. The molecule has 0 aliphatic carbocycles. The zero-order valence-electron chi connectivity index (χ0n) is 25.9. The van der Waals surface area contributed by atoms with Crippen molar-refractivity contribution in [1.29, 1.82) is 0 Å². The number of nitro benzene ring substituents is 4. The Hall–Kier alpha value is -7.11. The first-order valence-electron chi connectivity index (χ1n) is 14.7. The average Bonchev–Trinajstić information content (AvgIpc) is 3.08. The summed E-state index contributed by atoms with van der Waals surface area (Å²) < 4.78 is 5.44. The Labute approximate surface area is 281 Å². The topological polar surface area (TPSA) is 255 Å². The summed E-state index contributed by atoms with van der Waals surface area (Å²) >= 11 is 0. The van der Waals surface area contributed by atoms with E-state index >= 15 is 0 Å². The van der Waals surface area contributed by atoms with Gasteiger partial charge in [-0.2, -0.15) is 0 Å². The third-order valence-electron chi connectivity index (χ3n) is 7.94. The third kappa shape index (κ3) is 6.79. The largest absolute Gasteiger partial charge is 0.507 e. The van der Waals surface area contributed by atoms with Gasteiger partial charge in [-0.05, 0) is 43.3 Å². The number of rotatable bonds is 11. The number of carbonyl (C=O) groups excluding carboxylic acids is 1. The van der Waals surface area contributed by atoms with Gasteiger partial charge in [0.1, 0.15) is 11.5 Å². The van der Waals surface area contributed by atoms with Crippen molar-refractivity contribution < 1.29 is 39.4 Å². The summed E-state index contributed by atoms with van der Waals surface area (Å²) in [5.41, 5.74) is -0.821. The molecule has 256 valence electrons. The highest BCUT2D eigenvalue weighted by Gasteiger charge is 2.44. The number of ether oxygens (including phenoxy) is 1. The lowest BCUT2D eigenvalue weighted by Crippen LogP contribution is -2.42. The predicted octanol–water partition coefficient (Wildman–Crippen LogP) is 6.35. The fourth-order valence-corrected chi connectivity index (χ4v) is 5.73. The number of non-ortho nitro benzene ring substituents is 4. The molecule has 0 radical (unpaired) electrons. The Morgan fingerprint density at radius 1 is 0.740 bits per heavy atom. The van der Waals surface area contributed by atoms with Crippen molar-refractivity contribution in [1.82, 2.24) is 0 Å². The molecule has 4 aromatic rings. The fraction of sp³-hybridized carbons (Fsp3) is 0.156. The summed E-state index contributed by atoms with van der Waals surface area (Å²) in [7, 11) is 0. The van der Waals surface area contributed by atoms with Crippen LogP contribution in [0.3, 0.4) is 0 Å². The smallest absolute Gasteiger partial charge is 0.338 e. The number of phenols is 2. The van der Waals surface area contributed by atoms with Gasteiger partial charge in [0.2, 0.25) is 0 Å². The number of nitrogens with zero attached hydrogens (tertiary/aromatic N) is 5. The minimum Gasteiger partial charge on any atom is -0.507 e. The van der Waals surface area contributed by atoms with Crippen LogP contribution in [0.2, 0.25) is 0 Å². The van der Waals surface area contributed by atoms with Crippen molar-refractivity contribution in [2.45, 2.75) is 25.4 Å². The molecule has 0 fully saturated rings. The van der Waals surface area contributed by atoms with Crippen LogP contribution >= 0.6 is 0 Å². The summed E-state index contributed by atoms with van der Waals surface area (Å²) in [6.07, 6.45) is -0.169. The van der Waals surface area contributed by atoms with Crippen molar-refractivity contribution in [3.05, 3.63) is 148 Å². The van der Waals surface area contributed by atoms with Crippen molar-refractivity contribution in [3.8, 4) is 11.5 Å². The maximum atomic E-state index is 13.9. The molecule has 2 atom stereocenters. The zero-order valence-corrected chi connectivity index (χ0v) is 25.9. The molecule has 0 saturated carbocycles. The minimum absolute atomic E-state index is 0.0499. The number of nitrogens with one attached hydrogen (secondary N) is 1. The van der Waals surface area contributed by atoms with Crippen molar-refractivity contribution in [2.24, 2.45) is 0 Å². The number of nitro groups is 4. The molecule has 50 heavy (non-hydrogen) atoms. The van der Waals surface area contributed by atoms with Crippen molar-refractivity contribution in [3.63, 3.8) is 0 Å². The maximum Gasteiger partial charge on any atom is 0.338 e.